The highest BCUT2D eigenvalue weighted by atomic mass is 35.5. The van der Waals surface area contributed by atoms with E-state index in [1.165, 1.54) is 22.7 Å². The van der Waals surface area contributed by atoms with Gasteiger partial charge in [-0.1, -0.05) is 6.92 Å². The van der Waals surface area contributed by atoms with Gasteiger partial charge in [-0.25, -0.2) is 4.98 Å². The van der Waals surface area contributed by atoms with E-state index in [-0.39, 0.29) is 0 Å². The molecule has 0 aliphatic rings. The summed E-state index contributed by atoms with van der Waals surface area (Å²) in [5.41, 5.74) is 1.16. The van der Waals surface area contributed by atoms with Gasteiger partial charge in [0.05, 0.1) is 5.69 Å². The van der Waals surface area contributed by atoms with Gasteiger partial charge in [0.15, 0.2) is 0 Å². The average molecular weight is 261 g/mol. The predicted octanol–water partition coefficient (Wildman–Crippen LogP) is 3.50. The van der Waals surface area contributed by atoms with Crippen LogP contribution in [-0.4, -0.2) is 17.4 Å². The summed E-state index contributed by atoms with van der Waals surface area (Å²) >= 11 is 7.54. The number of hydrogen-bond donors (Lipinski definition) is 1. The smallest absolute Gasteiger partial charge is 0.107 e. The van der Waals surface area contributed by atoms with E-state index in [0.29, 0.717) is 5.92 Å². The normalized spacial score (nSPS) is 13.0. The molecule has 92 valence electrons. The van der Waals surface area contributed by atoms with Gasteiger partial charge < -0.3 is 5.32 Å². The third-order valence-corrected chi connectivity index (χ3v) is 4.26. The topological polar surface area (TPSA) is 24.9 Å². The number of halogens is 1. The minimum Gasteiger partial charge on any atom is -0.310 e. The van der Waals surface area contributed by atoms with E-state index < -0.39 is 0 Å². The molecule has 0 aliphatic heterocycles. The van der Waals surface area contributed by atoms with Crippen LogP contribution in [0.5, 0.6) is 0 Å². The molecule has 0 aromatic carbocycles. The Labute approximate surface area is 107 Å². The van der Waals surface area contributed by atoms with Crippen LogP contribution in [0.1, 0.15) is 35.3 Å². The maximum Gasteiger partial charge on any atom is 0.107 e. The molecular formula is C12H21ClN2S. The van der Waals surface area contributed by atoms with Crippen molar-refractivity contribution in [1.29, 1.82) is 0 Å². The Kier molecular flexibility index (Phi) is 6.32. The number of nitrogens with one attached hydrogen (secondary N) is 1. The molecule has 16 heavy (non-hydrogen) atoms. The van der Waals surface area contributed by atoms with E-state index in [1.54, 1.807) is 11.3 Å². The zero-order valence-corrected chi connectivity index (χ0v) is 11.9. The monoisotopic (exact) mass is 260 g/mol. The van der Waals surface area contributed by atoms with Crippen molar-refractivity contribution in [2.75, 3.05) is 12.4 Å². The van der Waals surface area contributed by atoms with Gasteiger partial charge >= 0.3 is 0 Å². The molecule has 0 saturated carbocycles. The SMILES string of the molecule is Cc1nc(CNCCCC(C)CCl)sc1C. The highest BCUT2D eigenvalue weighted by Crippen LogP contribution is 2.16. The minimum atomic E-state index is 0.632. The van der Waals surface area contributed by atoms with Crippen LogP contribution in [0.4, 0.5) is 0 Å². The molecule has 1 N–H and O–H groups in total. The number of alkyl halides is 1. The van der Waals surface area contributed by atoms with Crippen LogP contribution in [-0.2, 0) is 6.54 Å². The molecule has 0 radical (unpaired) electrons. The lowest BCUT2D eigenvalue weighted by Crippen LogP contribution is -2.15. The molecule has 0 fully saturated rings. The van der Waals surface area contributed by atoms with Crippen LogP contribution in [0.25, 0.3) is 0 Å². The maximum atomic E-state index is 5.75. The molecular weight excluding hydrogens is 240 g/mol. The number of hydrogen-bond acceptors (Lipinski definition) is 3. The molecule has 0 bridgehead atoms. The molecule has 0 amide bonds. The second kappa shape index (κ2) is 7.25. The molecule has 0 saturated heterocycles. The summed E-state index contributed by atoms with van der Waals surface area (Å²) in [6, 6.07) is 0. The van der Waals surface area contributed by atoms with Gasteiger partial charge in [-0.2, -0.15) is 0 Å². The molecule has 0 aliphatic carbocycles. The van der Waals surface area contributed by atoms with Crippen LogP contribution >= 0.6 is 22.9 Å². The quantitative estimate of drug-likeness (QED) is 0.600. The third-order valence-electron chi connectivity index (χ3n) is 2.66. The first-order valence-electron chi connectivity index (χ1n) is 5.83. The second-order valence-corrected chi connectivity index (χ2v) is 5.92. The summed E-state index contributed by atoms with van der Waals surface area (Å²) in [7, 11) is 0. The van der Waals surface area contributed by atoms with Crippen molar-refractivity contribution < 1.29 is 0 Å². The fourth-order valence-electron chi connectivity index (χ4n) is 1.46. The molecule has 1 aromatic rings. The van der Waals surface area contributed by atoms with Gasteiger partial charge in [-0.05, 0) is 39.2 Å². The highest BCUT2D eigenvalue weighted by molar-refractivity contribution is 7.11. The fraction of sp³-hybridized carbons (Fsp3) is 0.750. The third kappa shape index (κ3) is 4.81. The molecule has 1 rings (SSSR count). The van der Waals surface area contributed by atoms with Crippen molar-refractivity contribution in [2.45, 2.75) is 40.2 Å². The molecule has 4 heteroatoms. The largest absolute Gasteiger partial charge is 0.310 e. The van der Waals surface area contributed by atoms with Gasteiger partial charge in [0.2, 0.25) is 0 Å². The highest BCUT2D eigenvalue weighted by Gasteiger charge is 2.03. The van der Waals surface area contributed by atoms with Crippen LogP contribution in [0.3, 0.4) is 0 Å². The standard InChI is InChI=1S/C12H21ClN2S/c1-9(7-13)5-4-6-14-8-12-15-10(2)11(3)16-12/h9,14H,4-8H2,1-3H3. The van der Waals surface area contributed by atoms with Crippen LogP contribution in [0, 0.1) is 19.8 Å². The van der Waals surface area contributed by atoms with Crippen molar-refractivity contribution in [3.05, 3.63) is 15.6 Å². The zero-order chi connectivity index (χ0) is 12.0. The van der Waals surface area contributed by atoms with E-state index in [0.717, 1.165) is 24.7 Å². The van der Waals surface area contributed by atoms with E-state index in [1.807, 2.05) is 0 Å². The first kappa shape index (κ1) is 13.9. The number of aromatic nitrogens is 1. The zero-order valence-electron chi connectivity index (χ0n) is 10.3. The van der Waals surface area contributed by atoms with Crippen molar-refractivity contribution in [1.82, 2.24) is 10.3 Å². The van der Waals surface area contributed by atoms with Gasteiger partial charge in [0, 0.05) is 17.3 Å². The Morgan fingerprint density at radius 3 is 2.75 bits per heavy atom. The summed E-state index contributed by atoms with van der Waals surface area (Å²) < 4.78 is 0. The number of thiazole rings is 1. The molecule has 1 unspecified atom stereocenters. The Bertz CT molecular complexity index is 292. The van der Waals surface area contributed by atoms with Gasteiger partial charge in [0.25, 0.3) is 0 Å². The van der Waals surface area contributed by atoms with Crippen LogP contribution in [0.15, 0.2) is 0 Å². The summed E-state index contributed by atoms with van der Waals surface area (Å²) in [6.45, 7) is 8.34. The second-order valence-electron chi connectivity index (χ2n) is 4.33. The summed E-state index contributed by atoms with van der Waals surface area (Å²) in [5, 5.41) is 4.62. The Morgan fingerprint density at radius 2 is 2.19 bits per heavy atom. The van der Waals surface area contributed by atoms with Crippen LogP contribution < -0.4 is 5.32 Å². The summed E-state index contributed by atoms with van der Waals surface area (Å²) in [4.78, 5) is 5.82. The number of aryl methyl sites for hydroxylation is 2. The lowest BCUT2D eigenvalue weighted by Gasteiger charge is -2.06. The number of rotatable bonds is 7. The Hall–Kier alpha value is -0.120. The maximum absolute atomic E-state index is 5.75. The minimum absolute atomic E-state index is 0.632. The van der Waals surface area contributed by atoms with E-state index >= 15 is 0 Å². The van der Waals surface area contributed by atoms with Crippen LogP contribution in [0.2, 0.25) is 0 Å². The van der Waals surface area contributed by atoms with Crippen molar-refractivity contribution in [3.8, 4) is 0 Å². The predicted molar refractivity (Wildman–Crippen MR) is 72.4 cm³/mol. The van der Waals surface area contributed by atoms with Gasteiger partial charge in [0.1, 0.15) is 5.01 Å². The van der Waals surface area contributed by atoms with E-state index in [2.05, 4.69) is 31.1 Å². The summed E-state index contributed by atoms with van der Waals surface area (Å²) in [5.74, 6) is 1.40. The molecule has 1 atom stereocenters. The first-order valence-corrected chi connectivity index (χ1v) is 7.18. The summed E-state index contributed by atoms with van der Waals surface area (Å²) in [6.07, 6.45) is 2.39. The van der Waals surface area contributed by atoms with Crippen molar-refractivity contribution >= 4 is 22.9 Å². The molecule has 0 spiro atoms. The fourth-order valence-corrected chi connectivity index (χ4v) is 2.52. The van der Waals surface area contributed by atoms with Crippen molar-refractivity contribution in [2.24, 2.45) is 5.92 Å². The molecule has 2 nitrogen and oxygen atoms in total. The first-order chi connectivity index (χ1) is 7.63. The lowest BCUT2D eigenvalue weighted by molar-refractivity contribution is 0.531. The lowest BCUT2D eigenvalue weighted by atomic mass is 10.1. The number of nitrogens with zero attached hydrogens (tertiary/aromatic N) is 1. The van der Waals surface area contributed by atoms with E-state index in [4.69, 9.17) is 11.6 Å². The Morgan fingerprint density at radius 1 is 1.44 bits per heavy atom. The Balaban J connectivity index is 2.11. The van der Waals surface area contributed by atoms with E-state index in [9.17, 15) is 0 Å². The van der Waals surface area contributed by atoms with Crippen molar-refractivity contribution in [3.63, 3.8) is 0 Å². The molecule has 1 heterocycles. The van der Waals surface area contributed by atoms with Gasteiger partial charge in [-0.15, -0.1) is 22.9 Å². The molecule has 1 aromatic heterocycles. The van der Waals surface area contributed by atoms with Gasteiger partial charge in [-0.3, -0.25) is 0 Å². The average Bonchev–Trinajstić information content (AvgIpc) is 2.57.